The molecular formula is C16H16N2O4. The maximum absolute atomic E-state index is 11.9. The molecule has 1 unspecified atom stereocenters. The first-order valence-electron chi connectivity index (χ1n) is 6.59. The van der Waals surface area contributed by atoms with Crippen LogP contribution in [0.2, 0.25) is 0 Å². The Labute approximate surface area is 127 Å². The molecule has 114 valence electrons. The van der Waals surface area contributed by atoms with E-state index in [1.807, 2.05) is 6.07 Å². The lowest BCUT2D eigenvalue weighted by molar-refractivity contribution is -0.139. The number of carbonyl (C=O) groups excluding carboxylic acids is 1. The number of rotatable bonds is 5. The van der Waals surface area contributed by atoms with Gasteiger partial charge in [-0.15, -0.1) is 0 Å². The highest BCUT2D eigenvalue weighted by molar-refractivity contribution is 5.92. The number of nitrogens with one attached hydrogen (secondary N) is 2. The van der Waals surface area contributed by atoms with Crippen LogP contribution in [0, 0.1) is 0 Å². The van der Waals surface area contributed by atoms with Crippen LogP contribution in [-0.2, 0) is 4.79 Å². The highest BCUT2D eigenvalue weighted by atomic mass is 16.5. The van der Waals surface area contributed by atoms with Crippen LogP contribution in [0.5, 0.6) is 5.75 Å². The highest BCUT2D eigenvalue weighted by Gasteiger charge is 2.22. The standard InChI is InChI=1S/C16H16N2O4/c1-22-13-9-5-6-11(10-13)14(15(19)20)18-16(21)17-12-7-3-2-4-8-12/h2-10,14H,1H3,(H,19,20)(H2,17,18,21). The Morgan fingerprint density at radius 2 is 1.82 bits per heavy atom. The molecule has 2 aromatic carbocycles. The Morgan fingerprint density at radius 3 is 2.45 bits per heavy atom. The maximum atomic E-state index is 11.9. The lowest BCUT2D eigenvalue weighted by atomic mass is 10.1. The van der Waals surface area contributed by atoms with Gasteiger partial charge in [-0.3, -0.25) is 0 Å². The summed E-state index contributed by atoms with van der Waals surface area (Å²) in [5, 5.41) is 14.3. The van der Waals surface area contributed by atoms with E-state index >= 15 is 0 Å². The molecule has 0 aliphatic carbocycles. The lowest BCUT2D eigenvalue weighted by Crippen LogP contribution is -2.36. The molecule has 0 heterocycles. The zero-order chi connectivity index (χ0) is 15.9. The van der Waals surface area contributed by atoms with Gasteiger partial charge >= 0.3 is 12.0 Å². The fraction of sp³-hybridized carbons (Fsp3) is 0.125. The summed E-state index contributed by atoms with van der Waals surface area (Å²) in [7, 11) is 1.49. The van der Waals surface area contributed by atoms with Crippen LogP contribution in [0.15, 0.2) is 54.6 Å². The SMILES string of the molecule is COc1cccc(C(NC(=O)Nc2ccccc2)C(=O)O)c1. The number of hydrogen-bond acceptors (Lipinski definition) is 3. The number of methoxy groups -OCH3 is 1. The zero-order valence-corrected chi connectivity index (χ0v) is 11.9. The molecule has 6 heteroatoms. The Hall–Kier alpha value is -3.02. The summed E-state index contributed by atoms with van der Waals surface area (Å²) in [6.07, 6.45) is 0. The van der Waals surface area contributed by atoms with Crippen molar-refractivity contribution in [2.75, 3.05) is 12.4 Å². The van der Waals surface area contributed by atoms with Crippen LogP contribution in [0.25, 0.3) is 0 Å². The van der Waals surface area contributed by atoms with Crippen molar-refractivity contribution in [3.63, 3.8) is 0 Å². The Balaban J connectivity index is 2.11. The molecule has 0 aromatic heterocycles. The molecule has 0 spiro atoms. The van der Waals surface area contributed by atoms with Crippen molar-refractivity contribution < 1.29 is 19.4 Å². The first-order chi connectivity index (χ1) is 10.6. The highest BCUT2D eigenvalue weighted by Crippen LogP contribution is 2.19. The topological polar surface area (TPSA) is 87.7 Å². The van der Waals surface area contributed by atoms with Gasteiger partial charge in [-0.05, 0) is 29.8 Å². The molecule has 0 bridgehead atoms. The second-order valence-corrected chi connectivity index (χ2v) is 4.51. The molecule has 0 aliphatic heterocycles. The van der Waals surface area contributed by atoms with E-state index in [0.717, 1.165) is 0 Å². The van der Waals surface area contributed by atoms with Crippen molar-refractivity contribution in [1.29, 1.82) is 0 Å². The Bertz CT molecular complexity index is 658. The number of amides is 2. The number of ether oxygens (including phenoxy) is 1. The molecule has 2 rings (SSSR count). The van der Waals surface area contributed by atoms with Crippen LogP contribution in [0.4, 0.5) is 10.5 Å². The molecule has 0 saturated carbocycles. The Kier molecular flexibility index (Phi) is 4.98. The third-order valence-electron chi connectivity index (χ3n) is 2.98. The van der Waals surface area contributed by atoms with Gasteiger partial charge in [0.1, 0.15) is 5.75 Å². The molecule has 6 nitrogen and oxygen atoms in total. The molecule has 0 radical (unpaired) electrons. The van der Waals surface area contributed by atoms with E-state index in [1.165, 1.54) is 7.11 Å². The molecule has 22 heavy (non-hydrogen) atoms. The van der Waals surface area contributed by atoms with Crippen molar-refractivity contribution in [3.05, 3.63) is 60.2 Å². The average Bonchev–Trinajstić information content (AvgIpc) is 2.53. The predicted octanol–water partition coefficient (Wildman–Crippen LogP) is 2.64. The second-order valence-electron chi connectivity index (χ2n) is 4.51. The minimum Gasteiger partial charge on any atom is -0.497 e. The largest absolute Gasteiger partial charge is 0.497 e. The average molecular weight is 300 g/mol. The van der Waals surface area contributed by atoms with Gasteiger partial charge in [-0.1, -0.05) is 30.3 Å². The first kappa shape index (κ1) is 15.4. The normalized spacial score (nSPS) is 11.3. The van der Waals surface area contributed by atoms with E-state index in [2.05, 4.69) is 10.6 Å². The van der Waals surface area contributed by atoms with E-state index in [9.17, 15) is 14.7 Å². The number of hydrogen-bond donors (Lipinski definition) is 3. The molecule has 1 atom stereocenters. The second kappa shape index (κ2) is 7.12. The number of aliphatic carboxylic acids is 1. The minimum atomic E-state index is -1.17. The monoisotopic (exact) mass is 300 g/mol. The quantitative estimate of drug-likeness (QED) is 0.792. The van der Waals surface area contributed by atoms with Crippen LogP contribution < -0.4 is 15.4 Å². The van der Waals surface area contributed by atoms with Gasteiger partial charge in [0.2, 0.25) is 0 Å². The summed E-state index contributed by atoms with van der Waals surface area (Å²) < 4.78 is 5.06. The maximum Gasteiger partial charge on any atom is 0.330 e. The van der Waals surface area contributed by atoms with Gasteiger partial charge in [0.25, 0.3) is 0 Å². The Morgan fingerprint density at radius 1 is 1.09 bits per heavy atom. The number of carbonyl (C=O) groups is 2. The van der Waals surface area contributed by atoms with E-state index in [-0.39, 0.29) is 0 Å². The smallest absolute Gasteiger partial charge is 0.330 e. The van der Waals surface area contributed by atoms with Gasteiger partial charge in [-0.2, -0.15) is 0 Å². The van der Waals surface area contributed by atoms with Gasteiger partial charge in [-0.25, -0.2) is 9.59 Å². The summed E-state index contributed by atoms with van der Waals surface area (Å²) in [5.41, 5.74) is 1.00. The number of carboxylic acid groups (broad SMARTS) is 1. The number of benzene rings is 2. The predicted molar refractivity (Wildman–Crippen MR) is 82.0 cm³/mol. The number of para-hydroxylation sites is 1. The molecule has 2 amide bonds. The lowest BCUT2D eigenvalue weighted by Gasteiger charge is -2.16. The number of anilines is 1. The van der Waals surface area contributed by atoms with Crippen LogP contribution in [0.3, 0.4) is 0 Å². The fourth-order valence-corrected chi connectivity index (χ4v) is 1.93. The van der Waals surface area contributed by atoms with Crippen molar-refractivity contribution in [2.45, 2.75) is 6.04 Å². The number of carboxylic acids is 1. The first-order valence-corrected chi connectivity index (χ1v) is 6.59. The molecular weight excluding hydrogens is 284 g/mol. The third kappa shape index (κ3) is 3.99. The van der Waals surface area contributed by atoms with Crippen molar-refractivity contribution >= 4 is 17.7 Å². The van der Waals surface area contributed by atoms with Gasteiger partial charge in [0.05, 0.1) is 7.11 Å². The van der Waals surface area contributed by atoms with Gasteiger partial charge < -0.3 is 20.5 Å². The van der Waals surface area contributed by atoms with E-state index in [1.54, 1.807) is 48.5 Å². The van der Waals surface area contributed by atoms with Gasteiger partial charge in [0.15, 0.2) is 6.04 Å². The number of urea groups is 1. The van der Waals surface area contributed by atoms with Crippen LogP contribution in [-0.4, -0.2) is 24.2 Å². The van der Waals surface area contributed by atoms with Crippen molar-refractivity contribution in [1.82, 2.24) is 5.32 Å². The molecule has 3 N–H and O–H groups in total. The molecule has 0 fully saturated rings. The van der Waals surface area contributed by atoms with E-state index in [4.69, 9.17) is 4.74 Å². The summed E-state index contributed by atoms with van der Waals surface area (Å²) in [4.78, 5) is 23.3. The fourth-order valence-electron chi connectivity index (χ4n) is 1.93. The van der Waals surface area contributed by atoms with Crippen molar-refractivity contribution in [3.8, 4) is 5.75 Å². The molecule has 0 aliphatic rings. The van der Waals surface area contributed by atoms with E-state index < -0.39 is 18.0 Å². The summed E-state index contributed by atoms with van der Waals surface area (Å²) >= 11 is 0. The summed E-state index contributed by atoms with van der Waals surface area (Å²) in [6.45, 7) is 0. The zero-order valence-electron chi connectivity index (χ0n) is 11.9. The van der Waals surface area contributed by atoms with Crippen molar-refractivity contribution in [2.24, 2.45) is 0 Å². The molecule has 2 aromatic rings. The third-order valence-corrected chi connectivity index (χ3v) is 2.98. The van der Waals surface area contributed by atoms with E-state index in [0.29, 0.717) is 17.0 Å². The minimum absolute atomic E-state index is 0.426. The summed E-state index contributed by atoms with van der Waals surface area (Å²) in [6, 6.07) is 13.6. The summed E-state index contributed by atoms with van der Waals surface area (Å²) in [5.74, 6) is -0.634. The van der Waals surface area contributed by atoms with Gasteiger partial charge in [0, 0.05) is 5.69 Å². The molecule has 0 saturated heterocycles. The van der Waals surface area contributed by atoms with Crippen LogP contribution >= 0.6 is 0 Å². The van der Waals surface area contributed by atoms with Crippen LogP contribution in [0.1, 0.15) is 11.6 Å².